The number of carbonyl (C=O) groups excluding carboxylic acids is 2. The molecule has 1 heterocycles. The molecule has 2 aromatic rings. The topological polar surface area (TPSA) is 152 Å². The Kier molecular flexibility index (Phi) is 12.8. The molecule has 0 saturated heterocycles. The van der Waals surface area contributed by atoms with Crippen LogP contribution in [0, 0.1) is 0 Å². The fraction of sp³-hybridized carbons (Fsp3) is 0.462. The van der Waals surface area contributed by atoms with E-state index in [1.54, 1.807) is 18.2 Å². The van der Waals surface area contributed by atoms with Crippen molar-refractivity contribution in [3.8, 4) is 11.5 Å². The lowest BCUT2D eigenvalue weighted by molar-refractivity contribution is -0.119. The number of phenols is 1. The third-order valence-corrected chi connectivity index (χ3v) is 10.9. The van der Waals surface area contributed by atoms with Gasteiger partial charge in [-0.25, -0.2) is 4.79 Å². The second-order valence-corrected chi connectivity index (χ2v) is 14.3. The lowest BCUT2D eigenvalue weighted by atomic mass is 9.82. The number of aromatic carboxylic acids is 1. The number of fused-ring (bicyclic) bond motifs is 2. The summed E-state index contributed by atoms with van der Waals surface area (Å²) in [7, 11) is 0. The molecule has 1 unspecified atom stereocenters. The minimum absolute atomic E-state index is 0.0463. The molecule has 1 atom stereocenters. The number of halogens is 2. The molecule has 2 aliphatic carbocycles. The van der Waals surface area contributed by atoms with Gasteiger partial charge in [-0.05, 0) is 87.8 Å². The first-order valence-electron chi connectivity index (χ1n) is 18.0. The lowest BCUT2D eigenvalue weighted by Crippen LogP contribution is -2.43. The monoisotopic (exact) mass is 754 g/mol. The second-order valence-electron chi connectivity index (χ2n) is 13.4. The number of ether oxygens (including phenoxy) is 1. The Hall–Kier alpha value is -3.87. The summed E-state index contributed by atoms with van der Waals surface area (Å²) in [5, 5.41) is 39.6. The molecule has 5 N–H and O–H groups in total. The Labute approximate surface area is 314 Å². The van der Waals surface area contributed by atoms with Gasteiger partial charge in [0, 0.05) is 59.9 Å². The molecule has 5 rings (SSSR count). The van der Waals surface area contributed by atoms with E-state index in [9.17, 15) is 29.7 Å². The predicted molar refractivity (Wildman–Crippen MR) is 202 cm³/mol. The van der Waals surface area contributed by atoms with Crippen LogP contribution in [0.25, 0.3) is 5.57 Å². The number of nitrogens with one attached hydrogen (secondary N) is 2. The van der Waals surface area contributed by atoms with Crippen molar-refractivity contribution in [2.45, 2.75) is 85.0 Å². The third kappa shape index (κ3) is 8.19. The zero-order chi connectivity index (χ0) is 37.9. The summed E-state index contributed by atoms with van der Waals surface area (Å²) in [4.78, 5) is 42.4. The first-order chi connectivity index (χ1) is 24.8. The van der Waals surface area contributed by atoms with Crippen LogP contribution in [-0.4, -0.2) is 93.8 Å². The zero-order valence-electron chi connectivity index (χ0n) is 30.3. The van der Waals surface area contributed by atoms with E-state index in [0.717, 1.165) is 12.8 Å². The van der Waals surface area contributed by atoms with Gasteiger partial charge in [0.05, 0.1) is 21.2 Å². The molecule has 13 heteroatoms. The molecule has 280 valence electrons. The van der Waals surface area contributed by atoms with Crippen LogP contribution < -0.4 is 15.4 Å². The standard InChI is InChI=1S/C39H48Cl2N4O7/c1-6-44(7-2)19-29-34(47)31(40)17-27-33(28-18-32(41)35(48)30(20-45(8-3)9-4)37(28)52-36(27)29)26-16-22(10-15-25(26)39(50)51)38(49)43-24-13-11-23(12-14-24)42-21(5)46/h10,15-18,23-24,34,47-48H,6-9,11-14,19-20H2,1-5H3,(H,42,46)(H,43,49)(H,50,51). The molecule has 0 spiro atoms. The van der Waals surface area contributed by atoms with Gasteiger partial charge in [0.25, 0.3) is 5.91 Å². The molecule has 2 aromatic carbocycles. The highest BCUT2D eigenvalue weighted by molar-refractivity contribution is 6.32. The fourth-order valence-electron chi connectivity index (χ4n) is 7.25. The fourth-order valence-corrected chi connectivity index (χ4v) is 7.71. The van der Waals surface area contributed by atoms with Crippen LogP contribution >= 0.6 is 23.2 Å². The number of amides is 2. The lowest BCUT2D eigenvalue weighted by Gasteiger charge is -2.35. The number of allylic oxidation sites excluding steroid dienone is 1. The molecular weight excluding hydrogens is 707 g/mol. The Morgan fingerprint density at radius 3 is 2.06 bits per heavy atom. The number of hydrogen-bond acceptors (Lipinski definition) is 8. The Balaban J connectivity index is 1.72. The van der Waals surface area contributed by atoms with E-state index in [0.29, 0.717) is 79.2 Å². The van der Waals surface area contributed by atoms with Crippen LogP contribution in [0.15, 0.2) is 52.3 Å². The van der Waals surface area contributed by atoms with E-state index < -0.39 is 12.1 Å². The molecule has 11 nitrogen and oxygen atoms in total. The molecule has 0 aromatic heterocycles. The maximum absolute atomic E-state index is 13.8. The smallest absolute Gasteiger partial charge is 0.336 e. The first-order valence-corrected chi connectivity index (χ1v) is 18.7. The van der Waals surface area contributed by atoms with Gasteiger partial charge in [-0.1, -0.05) is 50.9 Å². The average Bonchev–Trinajstić information content (AvgIpc) is 3.12. The van der Waals surface area contributed by atoms with Crippen molar-refractivity contribution in [1.29, 1.82) is 0 Å². The van der Waals surface area contributed by atoms with Crippen LogP contribution in [0.5, 0.6) is 11.5 Å². The van der Waals surface area contributed by atoms with Crippen LogP contribution in [0.1, 0.15) is 97.7 Å². The van der Waals surface area contributed by atoms with Crippen molar-refractivity contribution in [1.82, 2.24) is 20.4 Å². The third-order valence-electron chi connectivity index (χ3n) is 10.3. The van der Waals surface area contributed by atoms with Crippen molar-refractivity contribution in [3.05, 3.63) is 85.1 Å². The van der Waals surface area contributed by atoms with Gasteiger partial charge in [0.1, 0.15) is 23.4 Å². The Morgan fingerprint density at radius 2 is 1.48 bits per heavy atom. The maximum Gasteiger partial charge on any atom is 0.336 e. The summed E-state index contributed by atoms with van der Waals surface area (Å²) < 4.78 is 6.71. The first kappa shape index (κ1) is 39.3. The number of aliphatic hydroxyl groups excluding tert-OH is 1. The molecule has 1 fully saturated rings. The van der Waals surface area contributed by atoms with E-state index in [4.69, 9.17) is 27.9 Å². The van der Waals surface area contributed by atoms with Crippen LogP contribution in [0.4, 0.5) is 0 Å². The number of phenolic OH excluding ortho intramolecular Hbond substituents is 1. The van der Waals surface area contributed by atoms with E-state index in [-0.39, 0.29) is 68.7 Å². The van der Waals surface area contributed by atoms with Gasteiger partial charge in [0.2, 0.25) is 5.91 Å². The Bertz CT molecular complexity index is 1820. The summed E-state index contributed by atoms with van der Waals surface area (Å²) in [5.41, 5.74) is 2.53. The molecule has 0 radical (unpaired) electrons. The molecule has 0 bridgehead atoms. The van der Waals surface area contributed by atoms with Crippen molar-refractivity contribution < 1.29 is 34.4 Å². The maximum atomic E-state index is 13.8. The average molecular weight is 756 g/mol. The van der Waals surface area contributed by atoms with E-state index in [1.165, 1.54) is 19.1 Å². The van der Waals surface area contributed by atoms with E-state index >= 15 is 0 Å². The summed E-state index contributed by atoms with van der Waals surface area (Å²) in [6.45, 7) is 12.8. The van der Waals surface area contributed by atoms with Crippen LogP contribution in [0.3, 0.4) is 0 Å². The van der Waals surface area contributed by atoms with E-state index in [1.807, 2.05) is 27.7 Å². The number of carboxylic acids is 1. The minimum atomic E-state index is -1.22. The summed E-state index contributed by atoms with van der Waals surface area (Å²) in [6.07, 6.45) is 3.21. The Morgan fingerprint density at radius 1 is 0.885 bits per heavy atom. The number of benzene rings is 2. The van der Waals surface area contributed by atoms with Gasteiger partial charge in [-0.2, -0.15) is 0 Å². The molecule has 52 heavy (non-hydrogen) atoms. The predicted octanol–water partition coefficient (Wildman–Crippen LogP) is 6.05. The summed E-state index contributed by atoms with van der Waals surface area (Å²) in [5.74, 6) is -1.24. The molecule has 3 aliphatic rings. The molecule has 1 saturated carbocycles. The quantitative estimate of drug-likeness (QED) is 0.165. The molecular formula is C39H48Cl2N4O7. The highest BCUT2D eigenvalue weighted by Crippen LogP contribution is 2.51. The number of nitrogens with zero attached hydrogens (tertiary/aromatic N) is 2. The highest BCUT2D eigenvalue weighted by atomic mass is 35.5. The summed E-state index contributed by atoms with van der Waals surface area (Å²) >= 11 is 13.5. The highest BCUT2D eigenvalue weighted by Gasteiger charge is 2.38. The normalized spacial score (nSPS) is 20.0. The van der Waals surface area contributed by atoms with Crippen LogP contribution in [-0.2, 0) is 11.3 Å². The number of likely N-dealkylation sites (N-methyl/N-ethyl adjacent to an activating group) is 1. The number of hydrogen-bond donors (Lipinski definition) is 5. The molecule has 1 aliphatic heterocycles. The number of aromatic hydroxyl groups is 1. The number of rotatable bonds is 13. The van der Waals surface area contributed by atoms with Gasteiger partial charge in [-0.15, -0.1) is 0 Å². The van der Waals surface area contributed by atoms with Crippen molar-refractivity contribution in [3.63, 3.8) is 0 Å². The van der Waals surface area contributed by atoms with Gasteiger partial charge < -0.3 is 30.7 Å². The van der Waals surface area contributed by atoms with Crippen molar-refractivity contribution in [2.75, 3.05) is 32.7 Å². The second kappa shape index (κ2) is 16.9. The van der Waals surface area contributed by atoms with Crippen LogP contribution in [0.2, 0.25) is 5.02 Å². The van der Waals surface area contributed by atoms with Gasteiger partial charge in [-0.3, -0.25) is 19.4 Å². The SMILES string of the molecule is CCN(CC)CC1=C2Oc3c(cc(Cl)c(O)c3CN(CC)CC)C(c3cc(C(=O)NC4CCC(NC(C)=O)CC4)ccc3C(=O)O)=C2C=C(Cl)C1O. The zero-order valence-corrected chi connectivity index (χ0v) is 31.8. The number of carbonyl (C=O) groups is 3. The summed E-state index contributed by atoms with van der Waals surface area (Å²) in [6, 6.07) is 5.94. The van der Waals surface area contributed by atoms with Gasteiger partial charge >= 0.3 is 5.97 Å². The number of aliphatic hydroxyl groups is 1. The van der Waals surface area contributed by atoms with E-state index in [2.05, 4.69) is 20.4 Å². The minimum Gasteiger partial charge on any atom is -0.506 e. The van der Waals surface area contributed by atoms with Crippen molar-refractivity contribution in [2.24, 2.45) is 0 Å². The van der Waals surface area contributed by atoms with Gasteiger partial charge in [0.15, 0.2) is 0 Å². The largest absolute Gasteiger partial charge is 0.506 e. The van der Waals surface area contributed by atoms with Crippen molar-refractivity contribution >= 4 is 46.6 Å². The molecule has 2 amide bonds. The number of carboxylic acid groups (broad SMARTS) is 1.